The van der Waals surface area contributed by atoms with Crippen molar-refractivity contribution in [3.8, 4) is 11.5 Å². The van der Waals surface area contributed by atoms with Gasteiger partial charge in [-0.15, -0.1) is 0 Å². The Morgan fingerprint density at radius 3 is 2.30 bits per heavy atom. The summed E-state index contributed by atoms with van der Waals surface area (Å²) in [5, 5.41) is 15.9. The zero-order valence-corrected chi connectivity index (χ0v) is 14.9. The molecule has 0 saturated heterocycles. The second kappa shape index (κ2) is 9.18. The Bertz CT molecular complexity index is 835. The lowest BCUT2D eigenvalue weighted by molar-refractivity contribution is -0.384. The summed E-state index contributed by atoms with van der Waals surface area (Å²) in [6.07, 6.45) is 0.0626. The summed E-state index contributed by atoms with van der Waals surface area (Å²) in [6.45, 7) is 0.120. The SMILES string of the molecule is COc1ccc(NC(=O)CCNC(=O)c2ccc([N+](=O)[O-])cc2)cc1OC. The average Bonchev–Trinajstić information content (AvgIpc) is 2.67. The van der Waals surface area contributed by atoms with Crippen molar-refractivity contribution >= 4 is 23.2 Å². The molecule has 0 fully saturated rings. The number of nitro benzene ring substituents is 1. The molecule has 0 saturated carbocycles. The van der Waals surface area contributed by atoms with Gasteiger partial charge in [0.15, 0.2) is 11.5 Å². The number of benzene rings is 2. The monoisotopic (exact) mass is 373 g/mol. The largest absolute Gasteiger partial charge is 0.493 e. The first kappa shape index (κ1) is 19.7. The molecule has 9 nitrogen and oxygen atoms in total. The van der Waals surface area contributed by atoms with Crippen LogP contribution in [0.2, 0.25) is 0 Å². The van der Waals surface area contributed by atoms with E-state index in [0.717, 1.165) is 0 Å². The van der Waals surface area contributed by atoms with Crippen LogP contribution < -0.4 is 20.1 Å². The van der Waals surface area contributed by atoms with Gasteiger partial charge < -0.3 is 20.1 Å². The molecule has 9 heteroatoms. The van der Waals surface area contributed by atoms with Crippen LogP contribution in [0.4, 0.5) is 11.4 Å². The zero-order valence-electron chi connectivity index (χ0n) is 14.9. The van der Waals surface area contributed by atoms with E-state index in [1.807, 2.05) is 0 Å². The highest BCUT2D eigenvalue weighted by Crippen LogP contribution is 2.29. The lowest BCUT2D eigenvalue weighted by atomic mass is 10.2. The Balaban J connectivity index is 1.83. The molecule has 27 heavy (non-hydrogen) atoms. The average molecular weight is 373 g/mol. The zero-order chi connectivity index (χ0) is 19.8. The minimum Gasteiger partial charge on any atom is -0.493 e. The molecule has 0 aliphatic heterocycles. The van der Waals surface area contributed by atoms with Crippen molar-refractivity contribution in [1.29, 1.82) is 0 Å². The number of rotatable bonds is 8. The van der Waals surface area contributed by atoms with Gasteiger partial charge in [0, 0.05) is 42.4 Å². The number of hydrogen-bond donors (Lipinski definition) is 2. The van der Waals surface area contributed by atoms with Crippen molar-refractivity contribution in [2.24, 2.45) is 0 Å². The third kappa shape index (κ3) is 5.43. The highest BCUT2D eigenvalue weighted by molar-refractivity contribution is 5.95. The first-order valence-corrected chi connectivity index (χ1v) is 7.99. The van der Waals surface area contributed by atoms with E-state index in [1.54, 1.807) is 18.2 Å². The number of hydrogen-bond acceptors (Lipinski definition) is 6. The third-order valence-corrected chi connectivity index (χ3v) is 3.65. The van der Waals surface area contributed by atoms with Gasteiger partial charge in [0.1, 0.15) is 0 Å². The number of nitro groups is 1. The number of carbonyl (C=O) groups excluding carboxylic acids is 2. The molecule has 2 aromatic rings. The van der Waals surface area contributed by atoms with E-state index in [1.165, 1.54) is 38.5 Å². The molecule has 142 valence electrons. The highest BCUT2D eigenvalue weighted by Gasteiger charge is 2.11. The lowest BCUT2D eigenvalue weighted by Gasteiger charge is -2.11. The van der Waals surface area contributed by atoms with Crippen molar-refractivity contribution in [3.05, 3.63) is 58.1 Å². The Kier molecular flexibility index (Phi) is 6.70. The third-order valence-electron chi connectivity index (χ3n) is 3.65. The molecular formula is C18H19N3O6. The van der Waals surface area contributed by atoms with Gasteiger partial charge in [0.25, 0.3) is 11.6 Å². The topological polar surface area (TPSA) is 120 Å². The van der Waals surface area contributed by atoms with Crippen LogP contribution in [0.1, 0.15) is 16.8 Å². The van der Waals surface area contributed by atoms with Crippen molar-refractivity contribution in [2.45, 2.75) is 6.42 Å². The van der Waals surface area contributed by atoms with E-state index < -0.39 is 10.8 Å². The van der Waals surface area contributed by atoms with Crippen molar-refractivity contribution in [3.63, 3.8) is 0 Å². The fourth-order valence-corrected chi connectivity index (χ4v) is 2.26. The molecule has 2 N–H and O–H groups in total. The molecule has 0 bridgehead atoms. The summed E-state index contributed by atoms with van der Waals surface area (Å²) in [5.74, 6) is 0.336. The van der Waals surface area contributed by atoms with Crippen LogP contribution in [0.3, 0.4) is 0 Å². The number of methoxy groups -OCH3 is 2. The second-order valence-electron chi connectivity index (χ2n) is 5.43. The van der Waals surface area contributed by atoms with E-state index in [2.05, 4.69) is 10.6 Å². The lowest BCUT2D eigenvalue weighted by Crippen LogP contribution is -2.27. The molecule has 2 amide bonds. The maximum atomic E-state index is 12.0. The van der Waals surface area contributed by atoms with Crippen LogP contribution >= 0.6 is 0 Å². The number of amides is 2. The van der Waals surface area contributed by atoms with E-state index in [4.69, 9.17) is 9.47 Å². The summed E-state index contributed by atoms with van der Waals surface area (Å²) in [6, 6.07) is 10.2. The van der Waals surface area contributed by atoms with E-state index in [-0.39, 0.29) is 30.1 Å². The maximum absolute atomic E-state index is 12.0. The molecule has 0 radical (unpaired) electrons. The van der Waals surface area contributed by atoms with Crippen LogP contribution in [0.5, 0.6) is 11.5 Å². The van der Waals surface area contributed by atoms with Gasteiger partial charge in [0.05, 0.1) is 19.1 Å². The number of anilines is 1. The molecule has 0 unspecified atom stereocenters. The van der Waals surface area contributed by atoms with Crippen LogP contribution in [-0.2, 0) is 4.79 Å². The molecule has 2 rings (SSSR count). The summed E-state index contributed by atoms with van der Waals surface area (Å²) >= 11 is 0. The van der Waals surface area contributed by atoms with Gasteiger partial charge >= 0.3 is 0 Å². The molecule has 0 aliphatic rings. The van der Waals surface area contributed by atoms with Crippen LogP contribution in [-0.4, -0.2) is 37.5 Å². The standard InChI is InChI=1S/C18H19N3O6/c1-26-15-8-5-13(11-16(15)27-2)20-17(22)9-10-19-18(23)12-3-6-14(7-4-12)21(24)25/h3-8,11H,9-10H2,1-2H3,(H,19,23)(H,20,22). The molecule has 2 aromatic carbocycles. The first-order valence-electron chi connectivity index (χ1n) is 7.99. The van der Waals surface area contributed by atoms with Gasteiger partial charge in [0.2, 0.25) is 5.91 Å². The summed E-state index contributed by atoms with van der Waals surface area (Å²) in [7, 11) is 3.01. The molecular weight excluding hydrogens is 354 g/mol. The molecule has 0 aromatic heterocycles. The first-order chi connectivity index (χ1) is 12.9. The predicted molar refractivity (Wildman–Crippen MR) is 98.2 cm³/mol. The Labute approximate surface area is 155 Å². The van der Waals surface area contributed by atoms with Crippen LogP contribution in [0.25, 0.3) is 0 Å². The van der Waals surface area contributed by atoms with Gasteiger partial charge in [-0.2, -0.15) is 0 Å². The van der Waals surface area contributed by atoms with E-state index >= 15 is 0 Å². The summed E-state index contributed by atoms with van der Waals surface area (Å²) < 4.78 is 10.3. The number of carbonyl (C=O) groups is 2. The predicted octanol–water partition coefficient (Wildman–Crippen LogP) is 2.37. The smallest absolute Gasteiger partial charge is 0.269 e. The number of ether oxygens (including phenoxy) is 2. The van der Waals surface area contributed by atoms with Gasteiger partial charge in [-0.3, -0.25) is 19.7 Å². The van der Waals surface area contributed by atoms with Crippen molar-refractivity contribution in [2.75, 3.05) is 26.1 Å². The Morgan fingerprint density at radius 2 is 1.70 bits per heavy atom. The fraction of sp³-hybridized carbons (Fsp3) is 0.222. The van der Waals surface area contributed by atoms with Crippen LogP contribution in [0, 0.1) is 10.1 Å². The number of nitrogens with zero attached hydrogens (tertiary/aromatic N) is 1. The molecule has 0 atom stereocenters. The van der Waals surface area contributed by atoms with Crippen molar-refractivity contribution in [1.82, 2.24) is 5.32 Å². The van der Waals surface area contributed by atoms with Gasteiger partial charge in [-0.05, 0) is 24.3 Å². The van der Waals surface area contributed by atoms with Crippen molar-refractivity contribution < 1.29 is 24.0 Å². The Hall–Kier alpha value is -3.62. The molecule has 0 heterocycles. The molecule has 0 spiro atoms. The highest BCUT2D eigenvalue weighted by atomic mass is 16.6. The Morgan fingerprint density at radius 1 is 1.04 bits per heavy atom. The summed E-state index contributed by atoms with van der Waals surface area (Å²) in [5.41, 5.74) is 0.723. The second-order valence-corrected chi connectivity index (χ2v) is 5.43. The quantitative estimate of drug-likeness (QED) is 0.541. The van der Waals surface area contributed by atoms with Gasteiger partial charge in [-0.1, -0.05) is 0 Å². The van der Waals surface area contributed by atoms with E-state index in [9.17, 15) is 19.7 Å². The maximum Gasteiger partial charge on any atom is 0.269 e. The van der Waals surface area contributed by atoms with E-state index in [0.29, 0.717) is 17.2 Å². The summed E-state index contributed by atoms with van der Waals surface area (Å²) in [4.78, 5) is 34.0. The normalized spacial score (nSPS) is 10.0. The molecule has 0 aliphatic carbocycles. The fourth-order valence-electron chi connectivity index (χ4n) is 2.26. The number of nitrogens with one attached hydrogen (secondary N) is 2. The van der Waals surface area contributed by atoms with Crippen LogP contribution in [0.15, 0.2) is 42.5 Å². The minimum absolute atomic E-state index is 0.0626. The van der Waals surface area contributed by atoms with Gasteiger partial charge in [-0.25, -0.2) is 0 Å². The minimum atomic E-state index is -0.541. The number of non-ortho nitro benzene ring substituents is 1.